The van der Waals surface area contributed by atoms with Crippen LogP contribution in [0.1, 0.15) is 21.5 Å². The van der Waals surface area contributed by atoms with Gasteiger partial charge in [-0.15, -0.1) is 0 Å². The van der Waals surface area contributed by atoms with Crippen molar-refractivity contribution in [3.8, 4) is 0 Å². The van der Waals surface area contributed by atoms with Crippen LogP contribution in [0.25, 0.3) is 10.9 Å². The Balaban J connectivity index is 1.28. The maximum Gasteiger partial charge on any atom is 0.264 e. The van der Waals surface area contributed by atoms with Crippen molar-refractivity contribution in [1.29, 1.82) is 0 Å². The summed E-state index contributed by atoms with van der Waals surface area (Å²) in [5.41, 5.74) is 7.84. The predicted octanol–water partition coefficient (Wildman–Crippen LogP) is 3.73. The number of piperazine rings is 1. The Morgan fingerprint density at radius 3 is 2.46 bits per heavy atom. The number of benzene rings is 3. The molecule has 1 saturated heterocycles. The second-order valence-corrected chi connectivity index (χ2v) is 11.0. The van der Waals surface area contributed by atoms with Crippen molar-refractivity contribution in [1.82, 2.24) is 14.8 Å². The molecule has 0 aliphatic carbocycles. The molecule has 1 fully saturated rings. The third kappa shape index (κ3) is 5.75. The topological polar surface area (TPSA) is 109 Å². The van der Waals surface area contributed by atoms with E-state index in [-0.39, 0.29) is 23.0 Å². The fraction of sp³-hybridized carbons (Fsp3) is 0.214. The molecule has 202 valence electrons. The van der Waals surface area contributed by atoms with Crippen LogP contribution in [-0.2, 0) is 23.1 Å². The first-order chi connectivity index (χ1) is 18.7. The molecule has 0 bridgehead atoms. The number of aromatic nitrogens is 1. The van der Waals surface area contributed by atoms with Gasteiger partial charge in [0.25, 0.3) is 15.9 Å². The Labute approximate surface area is 225 Å². The van der Waals surface area contributed by atoms with Gasteiger partial charge in [-0.1, -0.05) is 24.3 Å². The Bertz CT molecular complexity index is 1630. The highest BCUT2D eigenvalue weighted by atomic mass is 32.2. The van der Waals surface area contributed by atoms with Crippen molar-refractivity contribution in [2.45, 2.75) is 18.0 Å². The highest BCUT2D eigenvalue weighted by Crippen LogP contribution is 2.26. The fourth-order valence-electron chi connectivity index (χ4n) is 4.67. The number of amides is 1. The number of rotatable bonds is 7. The Kier molecular flexibility index (Phi) is 7.56. The number of nitrogens with zero attached hydrogens (tertiary/aromatic N) is 3. The van der Waals surface area contributed by atoms with Crippen molar-refractivity contribution in [3.05, 3.63) is 101 Å². The lowest BCUT2D eigenvalue weighted by atomic mass is 10.1. The molecule has 11 heteroatoms. The minimum absolute atomic E-state index is 0.0176. The van der Waals surface area contributed by atoms with E-state index in [1.165, 1.54) is 24.4 Å². The minimum atomic E-state index is -3.98. The van der Waals surface area contributed by atoms with Gasteiger partial charge < -0.3 is 10.6 Å². The van der Waals surface area contributed by atoms with Crippen LogP contribution in [0.5, 0.6) is 0 Å². The van der Waals surface area contributed by atoms with E-state index in [0.717, 1.165) is 6.07 Å². The predicted molar refractivity (Wildman–Crippen MR) is 144 cm³/mol. The molecule has 0 unspecified atom stereocenters. The molecule has 1 aliphatic rings. The first-order valence-corrected chi connectivity index (χ1v) is 13.9. The van der Waals surface area contributed by atoms with E-state index >= 15 is 0 Å². The summed E-state index contributed by atoms with van der Waals surface area (Å²) in [6, 6.07) is 16.7. The van der Waals surface area contributed by atoms with Gasteiger partial charge in [-0.05, 0) is 42.0 Å². The van der Waals surface area contributed by atoms with Crippen LogP contribution in [-0.4, -0.2) is 55.3 Å². The van der Waals surface area contributed by atoms with Crippen LogP contribution in [0.15, 0.2) is 77.8 Å². The zero-order chi connectivity index (χ0) is 27.6. The molecule has 0 atom stereocenters. The number of anilines is 1. The summed E-state index contributed by atoms with van der Waals surface area (Å²) < 4.78 is 56.3. The number of hydrogen-bond donors (Lipinski definition) is 2. The van der Waals surface area contributed by atoms with E-state index in [4.69, 9.17) is 5.73 Å². The zero-order valence-corrected chi connectivity index (χ0v) is 21.8. The summed E-state index contributed by atoms with van der Waals surface area (Å²) in [6.07, 6.45) is 1.54. The lowest BCUT2D eigenvalue weighted by Crippen LogP contribution is -2.48. The van der Waals surface area contributed by atoms with E-state index < -0.39 is 21.7 Å². The summed E-state index contributed by atoms with van der Waals surface area (Å²) in [4.78, 5) is 21.2. The van der Waals surface area contributed by atoms with Gasteiger partial charge in [-0.3, -0.25) is 19.4 Å². The van der Waals surface area contributed by atoms with Gasteiger partial charge in [0.05, 0.1) is 11.2 Å². The lowest BCUT2D eigenvalue weighted by Gasteiger charge is -2.35. The summed E-state index contributed by atoms with van der Waals surface area (Å²) in [5, 5.41) is 0.697. The van der Waals surface area contributed by atoms with Gasteiger partial charge in [0, 0.05) is 68.0 Å². The first-order valence-electron chi connectivity index (χ1n) is 12.4. The third-order valence-electron chi connectivity index (χ3n) is 6.77. The quantitative estimate of drug-likeness (QED) is 0.362. The highest BCUT2D eigenvalue weighted by molar-refractivity contribution is 7.93. The number of sulfonamides is 1. The minimum Gasteiger partial charge on any atom is -0.336 e. The van der Waals surface area contributed by atoms with Crippen molar-refractivity contribution >= 4 is 32.5 Å². The van der Waals surface area contributed by atoms with E-state index in [0.29, 0.717) is 60.3 Å². The van der Waals surface area contributed by atoms with Crippen LogP contribution >= 0.6 is 0 Å². The SMILES string of the molecule is NCc1cc(C(=O)N2CCN(Cc3ccc(F)cc3F)CC2)ccc1NS(=O)(=O)c1cccc2cccnc12. The van der Waals surface area contributed by atoms with Crippen LogP contribution < -0.4 is 10.5 Å². The van der Waals surface area contributed by atoms with Gasteiger partial charge >= 0.3 is 0 Å². The van der Waals surface area contributed by atoms with E-state index in [2.05, 4.69) is 9.71 Å². The molecule has 3 N–H and O–H groups in total. The van der Waals surface area contributed by atoms with E-state index in [1.807, 2.05) is 4.90 Å². The number of hydrogen-bond acceptors (Lipinski definition) is 6. The highest BCUT2D eigenvalue weighted by Gasteiger charge is 2.24. The number of halogens is 2. The summed E-state index contributed by atoms with van der Waals surface area (Å²) in [7, 11) is -3.98. The molecule has 0 saturated carbocycles. The van der Waals surface area contributed by atoms with Gasteiger partial charge in [0.1, 0.15) is 16.5 Å². The monoisotopic (exact) mass is 551 g/mol. The van der Waals surface area contributed by atoms with Crippen LogP contribution in [0.3, 0.4) is 0 Å². The Morgan fingerprint density at radius 2 is 1.72 bits per heavy atom. The lowest BCUT2D eigenvalue weighted by molar-refractivity contribution is 0.0627. The maximum atomic E-state index is 14.0. The second kappa shape index (κ2) is 11.0. The van der Waals surface area contributed by atoms with E-state index in [9.17, 15) is 22.0 Å². The van der Waals surface area contributed by atoms with Gasteiger partial charge in [0.15, 0.2) is 0 Å². The zero-order valence-electron chi connectivity index (χ0n) is 21.0. The Morgan fingerprint density at radius 1 is 0.949 bits per heavy atom. The van der Waals surface area contributed by atoms with Gasteiger partial charge in [0.2, 0.25) is 0 Å². The average Bonchev–Trinajstić information content (AvgIpc) is 2.94. The molecule has 4 aromatic rings. The van der Waals surface area contributed by atoms with Gasteiger partial charge in [-0.2, -0.15) is 0 Å². The molecule has 0 radical (unpaired) electrons. The maximum absolute atomic E-state index is 14.0. The van der Waals surface area contributed by atoms with Crippen LogP contribution in [0.2, 0.25) is 0 Å². The number of carbonyl (C=O) groups is 1. The molecule has 3 aromatic carbocycles. The number of pyridine rings is 1. The summed E-state index contributed by atoms with van der Waals surface area (Å²) in [5.74, 6) is -1.41. The summed E-state index contributed by atoms with van der Waals surface area (Å²) in [6.45, 7) is 2.27. The molecular weight excluding hydrogens is 524 g/mol. The molecule has 8 nitrogen and oxygen atoms in total. The van der Waals surface area contributed by atoms with Crippen LogP contribution in [0, 0.1) is 11.6 Å². The van der Waals surface area contributed by atoms with Crippen molar-refractivity contribution in [3.63, 3.8) is 0 Å². The van der Waals surface area contributed by atoms with Crippen molar-refractivity contribution in [2.24, 2.45) is 5.73 Å². The van der Waals surface area contributed by atoms with Crippen molar-refractivity contribution < 1.29 is 22.0 Å². The number of para-hydroxylation sites is 1. The molecule has 2 heterocycles. The third-order valence-corrected chi connectivity index (χ3v) is 8.17. The molecule has 1 aliphatic heterocycles. The number of nitrogens with one attached hydrogen (secondary N) is 1. The normalized spacial score (nSPS) is 14.5. The molecule has 1 aromatic heterocycles. The molecule has 39 heavy (non-hydrogen) atoms. The summed E-state index contributed by atoms with van der Waals surface area (Å²) >= 11 is 0. The smallest absolute Gasteiger partial charge is 0.264 e. The fourth-order valence-corrected chi connectivity index (χ4v) is 5.95. The average molecular weight is 552 g/mol. The molecule has 5 rings (SSSR count). The van der Waals surface area contributed by atoms with Crippen molar-refractivity contribution in [2.75, 3.05) is 30.9 Å². The van der Waals surface area contributed by atoms with Gasteiger partial charge in [-0.25, -0.2) is 17.2 Å². The van der Waals surface area contributed by atoms with E-state index in [1.54, 1.807) is 47.4 Å². The molecular formula is C28H27F2N5O3S. The largest absolute Gasteiger partial charge is 0.336 e. The first kappa shape index (κ1) is 26.7. The molecule has 1 amide bonds. The number of fused-ring (bicyclic) bond motifs is 1. The standard InChI is InChI=1S/C28H27F2N5O3S/c29-23-8-6-21(24(30)16-23)18-34-11-13-35(14-12-34)28(36)20-7-9-25(22(15-20)17-31)33-39(37,38)26-5-1-3-19-4-2-10-32-27(19)26/h1-10,15-16,33H,11-14,17-18,31H2. The number of carbonyl (C=O) groups excluding carboxylic acids is 1. The van der Waals surface area contributed by atoms with Crippen LogP contribution in [0.4, 0.5) is 14.5 Å². The second-order valence-electron chi connectivity index (χ2n) is 9.32. The molecule has 0 spiro atoms. The Hall–Kier alpha value is -3.93. The number of nitrogens with two attached hydrogens (primary N) is 1.